The fourth-order valence-corrected chi connectivity index (χ4v) is 1.87. The lowest BCUT2D eigenvalue weighted by Crippen LogP contribution is -2.36. The van der Waals surface area contributed by atoms with Crippen molar-refractivity contribution in [1.29, 1.82) is 0 Å². The molecule has 124 valence electrons. The minimum Gasteiger partial charge on any atom is -0.481 e. The van der Waals surface area contributed by atoms with Gasteiger partial charge in [0.2, 0.25) is 0 Å². The summed E-state index contributed by atoms with van der Waals surface area (Å²) in [7, 11) is 0. The Morgan fingerprint density at radius 2 is 1.86 bits per heavy atom. The predicted molar refractivity (Wildman–Crippen MR) is 87.0 cm³/mol. The lowest BCUT2D eigenvalue weighted by Gasteiger charge is -2.25. The Balaban J connectivity index is 0.000000980. The number of nitrogens with two attached hydrogens (primary N) is 1. The van der Waals surface area contributed by atoms with E-state index in [0.29, 0.717) is 16.3 Å². The van der Waals surface area contributed by atoms with Gasteiger partial charge in [-0.1, -0.05) is 25.4 Å². The first-order valence-electron chi connectivity index (χ1n) is 6.92. The van der Waals surface area contributed by atoms with Crippen LogP contribution in [0.15, 0.2) is 18.2 Å². The van der Waals surface area contributed by atoms with Crippen LogP contribution >= 0.6 is 11.6 Å². The third kappa shape index (κ3) is 7.28. The lowest BCUT2D eigenvalue weighted by molar-refractivity contribution is -0.134. The van der Waals surface area contributed by atoms with Gasteiger partial charge in [0.25, 0.3) is 5.97 Å². The van der Waals surface area contributed by atoms with E-state index in [4.69, 9.17) is 32.0 Å². The summed E-state index contributed by atoms with van der Waals surface area (Å²) in [6.07, 6.45) is -0.260. The summed E-state index contributed by atoms with van der Waals surface area (Å²) in [5.41, 5.74) is 6.45. The zero-order chi connectivity index (χ0) is 17.3. The molecule has 0 aliphatic rings. The number of carbonyl (C=O) groups is 2. The number of hydrogen-bond donors (Lipinski definition) is 2. The number of anilines is 1. The van der Waals surface area contributed by atoms with Crippen molar-refractivity contribution >= 4 is 29.2 Å². The van der Waals surface area contributed by atoms with Gasteiger partial charge in [0, 0.05) is 6.92 Å². The molecule has 0 fully saturated rings. The van der Waals surface area contributed by atoms with Crippen molar-refractivity contribution in [2.45, 2.75) is 33.9 Å². The summed E-state index contributed by atoms with van der Waals surface area (Å²) in [5.74, 6) is -1.23. The maximum absolute atomic E-state index is 11.9. The lowest BCUT2D eigenvalue weighted by atomic mass is 10.2. The number of ether oxygens (including phenoxy) is 1. The van der Waals surface area contributed by atoms with Crippen LogP contribution in [0.3, 0.4) is 0 Å². The van der Waals surface area contributed by atoms with Crippen molar-refractivity contribution in [2.75, 3.05) is 18.8 Å². The molecule has 0 bridgehead atoms. The van der Waals surface area contributed by atoms with Crippen LogP contribution in [0.5, 0.6) is 0 Å². The summed E-state index contributed by atoms with van der Waals surface area (Å²) in [5, 5.41) is 7.78. The smallest absolute Gasteiger partial charge is 0.339 e. The molecule has 1 atom stereocenters. The molecule has 0 heterocycles. The van der Waals surface area contributed by atoms with Crippen LogP contribution in [0.1, 0.15) is 38.1 Å². The van der Waals surface area contributed by atoms with Gasteiger partial charge in [-0.05, 0) is 38.2 Å². The number of rotatable bonds is 5. The molecule has 1 aromatic rings. The second kappa shape index (κ2) is 10.0. The Morgan fingerprint density at radius 3 is 2.27 bits per heavy atom. The second-order valence-corrected chi connectivity index (χ2v) is 4.89. The Bertz CT molecular complexity index is 500. The molecule has 0 spiro atoms. The molecule has 7 heteroatoms. The van der Waals surface area contributed by atoms with Crippen molar-refractivity contribution in [2.24, 2.45) is 0 Å². The summed E-state index contributed by atoms with van der Waals surface area (Å²) >= 11 is 5.87. The average molecular weight is 331 g/mol. The third-order valence-electron chi connectivity index (χ3n) is 2.84. The molecule has 0 saturated heterocycles. The number of aliphatic carboxylic acids is 1. The Labute approximate surface area is 135 Å². The van der Waals surface area contributed by atoms with Gasteiger partial charge in [-0.25, -0.2) is 4.79 Å². The highest BCUT2D eigenvalue weighted by Gasteiger charge is 2.16. The maximum atomic E-state index is 11.9. The molecule has 1 aromatic carbocycles. The molecule has 1 rings (SSSR count). The zero-order valence-electron chi connectivity index (χ0n) is 13.3. The van der Waals surface area contributed by atoms with E-state index >= 15 is 0 Å². The Morgan fingerprint density at radius 1 is 1.36 bits per heavy atom. The normalized spacial score (nSPS) is 11.4. The number of carboxylic acid groups (broad SMARTS) is 1. The quantitative estimate of drug-likeness (QED) is 0.490. The number of nitrogens with zero attached hydrogens (tertiary/aromatic N) is 1. The van der Waals surface area contributed by atoms with Crippen molar-refractivity contribution in [1.82, 2.24) is 4.90 Å². The largest absolute Gasteiger partial charge is 0.481 e. The predicted octanol–water partition coefficient (Wildman–Crippen LogP) is 2.86. The molecular formula is C15H23ClN2O4. The van der Waals surface area contributed by atoms with Crippen molar-refractivity contribution in [3.63, 3.8) is 0 Å². The first-order chi connectivity index (χ1) is 10.2. The van der Waals surface area contributed by atoms with Crippen LogP contribution in [-0.4, -0.2) is 41.3 Å². The van der Waals surface area contributed by atoms with Crippen LogP contribution in [-0.2, 0) is 9.53 Å². The summed E-state index contributed by atoms with van der Waals surface area (Å²) in [6, 6.07) is 4.73. The van der Waals surface area contributed by atoms with Gasteiger partial charge >= 0.3 is 5.97 Å². The van der Waals surface area contributed by atoms with E-state index in [2.05, 4.69) is 0 Å². The van der Waals surface area contributed by atoms with Gasteiger partial charge < -0.3 is 15.6 Å². The molecule has 0 saturated carbocycles. The number of hydrogen-bond acceptors (Lipinski definition) is 5. The molecule has 0 amide bonds. The topological polar surface area (TPSA) is 92.9 Å². The van der Waals surface area contributed by atoms with E-state index < -0.39 is 11.9 Å². The van der Waals surface area contributed by atoms with E-state index in [1.807, 2.05) is 25.7 Å². The molecule has 0 aromatic heterocycles. The fraction of sp³-hybridized carbons (Fsp3) is 0.467. The highest BCUT2D eigenvalue weighted by Crippen LogP contribution is 2.20. The minimum absolute atomic E-state index is 0.260. The molecular weight excluding hydrogens is 308 g/mol. The zero-order valence-corrected chi connectivity index (χ0v) is 14.1. The Kier molecular flexibility index (Phi) is 9.21. The highest BCUT2D eigenvalue weighted by molar-refractivity contribution is 6.33. The third-order valence-corrected chi connectivity index (χ3v) is 3.17. The summed E-state index contributed by atoms with van der Waals surface area (Å²) < 4.78 is 5.36. The summed E-state index contributed by atoms with van der Waals surface area (Å²) in [6.45, 7) is 8.63. The summed E-state index contributed by atoms with van der Waals surface area (Å²) in [4.78, 5) is 22.9. The molecule has 3 N–H and O–H groups in total. The number of nitrogen functional groups attached to an aromatic ring is 1. The van der Waals surface area contributed by atoms with Gasteiger partial charge in [-0.3, -0.25) is 9.69 Å². The SMILES string of the molecule is CC(=O)O.CCN(CC)C(C)OC(=O)c1ccc(N)c(Cl)c1. The maximum Gasteiger partial charge on any atom is 0.339 e. The van der Waals surface area contributed by atoms with E-state index in [1.54, 1.807) is 12.1 Å². The van der Waals surface area contributed by atoms with Crippen molar-refractivity contribution in [3.05, 3.63) is 28.8 Å². The van der Waals surface area contributed by atoms with Crippen LogP contribution in [0.25, 0.3) is 0 Å². The van der Waals surface area contributed by atoms with Crippen molar-refractivity contribution in [3.8, 4) is 0 Å². The monoisotopic (exact) mass is 330 g/mol. The van der Waals surface area contributed by atoms with E-state index in [9.17, 15) is 4.79 Å². The van der Waals surface area contributed by atoms with Crippen LogP contribution < -0.4 is 5.73 Å². The van der Waals surface area contributed by atoms with Gasteiger partial charge in [-0.2, -0.15) is 0 Å². The number of benzene rings is 1. The highest BCUT2D eigenvalue weighted by atomic mass is 35.5. The van der Waals surface area contributed by atoms with Gasteiger partial charge in [0.05, 0.1) is 16.3 Å². The number of carbonyl (C=O) groups excluding carboxylic acids is 1. The fourth-order valence-electron chi connectivity index (χ4n) is 1.69. The number of carboxylic acids is 1. The first-order valence-corrected chi connectivity index (χ1v) is 7.30. The van der Waals surface area contributed by atoms with Gasteiger partial charge in [0.15, 0.2) is 6.23 Å². The molecule has 0 aliphatic heterocycles. The van der Waals surface area contributed by atoms with Crippen LogP contribution in [0, 0.1) is 0 Å². The molecule has 6 nitrogen and oxygen atoms in total. The van der Waals surface area contributed by atoms with E-state index in [0.717, 1.165) is 20.0 Å². The minimum atomic E-state index is -0.833. The molecule has 1 unspecified atom stereocenters. The Hall–Kier alpha value is -1.79. The number of esters is 1. The molecule has 0 radical (unpaired) electrons. The number of halogens is 1. The van der Waals surface area contributed by atoms with Crippen LogP contribution in [0.4, 0.5) is 5.69 Å². The van der Waals surface area contributed by atoms with E-state index in [-0.39, 0.29) is 6.23 Å². The van der Waals surface area contributed by atoms with Crippen molar-refractivity contribution < 1.29 is 19.4 Å². The van der Waals surface area contributed by atoms with Gasteiger partial charge in [0.1, 0.15) is 0 Å². The first kappa shape index (κ1) is 20.2. The molecule has 22 heavy (non-hydrogen) atoms. The average Bonchev–Trinajstić information content (AvgIpc) is 2.42. The molecule has 0 aliphatic carbocycles. The van der Waals surface area contributed by atoms with Gasteiger partial charge in [-0.15, -0.1) is 0 Å². The van der Waals surface area contributed by atoms with E-state index in [1.165, 1.54) is 6.07 Å². The standard InChI is InChI=1S/C13H19ClN2O2.C2H4O2/c1-4-16(5-2)9(3)18-13(17)10-6-7-12(15)11(14)8-10;1-2(3)4/h6-9H,4-5,15H2,1-3H3;1H3,(H,3,4). The second-order valence-electron chi connectivity index (χ2n) is 4.48. The van der Waals surface area contributed by atoms with Crippen LogP contribution in [0.2, 0.25) is 5.02 Å².